The summed E-state index contributed by atoms with van der Waals surface area (Å²) >= 11 is 0. The average molecular weight is 287 g/mol. The molecule has 0 aromatic carbocycles. The van der Waals surface area contributed by atoms with Crippen molar-refractivity contribution in [1.82, 2.24) is 5.32 Å². The molecule has 0 aromatic heterocycles. The van der Waals surface area contributed by atoms with Crippen LogP contribution in [0.4, 0.5) is 0 Å². The van der Waals surface area contributed by atoms with Gasteiger partial charge in [-0.15, -0.1) is 0 Å². The Hall–Kier alpha value is -0.180. The van der Waals surface area contributed by atoms with E-state index in [0.29, 0.717) is 6.54 Å². The van der Waals surface area contributed by atoms with Gasteiger partial charge in [-0.3, -0.25) is 0 Å². The molecule has 0 amide bonds. The molecule has 1 N–H and O–H groups in total. The Kier molecular flexibility index (Phi) is 7.22. The van der Waals surface area contributed by atoms with Crippen molar-refractivity contribution < 1.29 is 21.6 Å². The van der Waals surface area contributed by atoms with Crippen LogP contribution in [0.1, 0.15) is 6.92 Å². The Morgan fingerprint density at radius 3 is 2.18 bits per heavy atom. The Balaban J connectivity index is 4.40. The van der Waals surface area contributed by atoms with Gasteiger partial charge in [0.25, 0.3) is 0 Å². The largest absolute Gasteiger partial charge is 0.383 e. The first-order valence-electron chi connectivity index (χ1n) is 5.30. The lowest BCUT2D eigenvalue weighted by molar-refractivity contribution is 0.174. The van der Waals surface area contributed by atoms with Crippen LogP contribution in [-0.4, -0.2) is 66.7 Å². The van der Waals surface area contributed by atoms with Gasteiger partial charge in [-0.05, 0) is 6.54 Å². The third-order valence-corrected chi connectivity index (χ3v) is 5.02. The van der Waals surface area contributed by atoms with E-state index in [1.54, 1.807) is 0 Å². The van der Waals surface area contributed by atoms with Crippen LogP contribution in [-0.2, 0) is 24.4 Å². The summed E-state index contributed by atoms with van der Waals surface area (Å²) in [5, 5.41) is 2.98. The van der Waals surface area contributed by atoms with Gasteiger partial charge < -0.3 is 10.1 Å². The van der Waals surface area contributed by atoms with Crippen LogP contribution in [0.5, 0.6) is 0 Å². The summed E-state index contributed by atoms with van der Waals surface area (Å²) in [5.74, 6) is -0.775. The fourth-order valence-electron chi connectivity index (χ4n) is 1.32. The van der Waals surface area contributed by atoms with Crippen LogP contribution in [0.2, 0.25) is 0 Å². The Morgan fingerprint density at radius 1 is 1.18 bits per heavy atom. The molecule has 0 heterocycles. The van der Waals surface area contributed by atoms with E-state index in [-0.39, 0.29) is 29.9 Å². The van der Waals surface area contributed by atoms with Gasteiger partial charge in [-0.25, -0.2) is 16.8 Å². The van der Waals surface area contributed by atoms with Crippen molar-refractivity contribution in [2.24, 2.45) is 0 Å². The highest BCUT2D eigenvalue weighted by Crippen LogP contribution is 1.98. The molecule has 6 nitrogen and oxygen atoms in total. The molecular weight excluding hydrogens is 266 g/mol. The molecule has 0 fully saturated rings. The van der Waals surface area contributed by atoms with Crippen molar-refractivity contribution in [3.05, 3.63) is 0 Å². The summed E-state index contributed by atoms with van der Waals surface area (Å²) in [6.45, 7) is 2.79. The highest BCUT2D eigenvalue weighted by molar-refractivity contribution is 7.94. The molecular formula is C9H21NO5S2. The van der Waals surface area contributed by atoms with Gasteiger partial charge in [-0.2, -0.15) is 0 Å². The van der Waals surface area contributed by atoms with Crippen molar-refractivity contribution in [2.45, 2.75) is 13.0 Å². The summed E-state index contributed by atoms with van der Waals surface area (Å²) in [4.78, 5) is 0. The van der Waals surface area contributed by atoms with Gasteiger partial charge in [0.1, 0.15) is 9.84 Å². The SMILES string of the molecule is CCNC(COC)CS(=O)(=O)CCS(C)(=O)=O. The van der Waals surface area contributed by atoms with E-state index in [1.807, 2.05) is 6.92 Å². The molecule has 0 aromatic rings. The van der Waals surface area contributed by atoms with Gasteiger partial charge in [0, 0.05) is 19.4 Å². The van der Waals surface area contributed by atoms with Crippen molar-refractivity contribution in [3.63, 3.8) is 0 Å². The normalized spacial score (nSPS) is 14.8. The van der Waals surface area contributed by atoms with E-state index < -0.39 is 19.7 Å². The molecule has 0 saturated heterocycles. The van der Waals surface area contributed by atoms with Crippen LogP contribution < -0.4 is 5.32 Å². The average Bonchev–Trinajstić information content (AvgIpc) is 2.14. The molecule has 0 rings (SSSR count). The van der Waals surface area contributed by atoms with Gasteiger partial charge >= 0.3 is 0 Å². The number of likely N-dealkylation sites (N-methyl/N-ethyl adjacent to an activating group) is 1. The molecule has 0 radical (unpaired) electrons. The minimum atomic E-state index is -3.38. The molecule has 8 heteroatoms. The minimum absolute atomic E-state index is 0.107. The summed E-state index contributed by atoms with van der Waals surface area (Å²) in [7, 11) is -5.14. The molecule has 1 unspecified atom stereocenters. The molecule has 104 valence electrons. The number of rotatable bonds is 9. The van der Waals surface area contributed by atoms with Crippen LogP contribution in [0.25, 0.3) is 0 Å². The number of nitrogens with one attached hydrogen (secondary N) is 1. The first-order valence-corrected chi connectivity index (χ1v) is 9.19. The third kappa shape index (κ3) is 9.51. The zero-order valence-corrected chi connectivity index (χ0v) is 12.1. The van der Waals surface area contributed by atoms with Crippen molar-refractivity contribution in [3.8, 4) is 0 Å². The smallest absolute Gasteiger partial charge is 0.152 e. The molecule has 0 bridgehead atoms. The fraction of sp³-hybridized carbons (Fsp3) is 1.00. The second kappa shape index (κ2) is 7.30. The minimum Gasteiger partial charge on any atom is -0.383 e. The van der Waals surface area contributed by atoms with Crippen molar-refractivity contribution in [1.29, 1.82) is 0 Å². The lowest BCUT2D eigenvalue weighted by Gasteiger charge is -2.16. The number of methoxy groups -OCH3 is 1. The summed E-state index contributed by atoms with van der Waals surface area (Å²) < 4.78 is 50.1. The summed E-state index contributed by atoms with van der Waals surface area (Å²) in [6, 6.07) is -0.297. The van der Waals surface area contributed by atoms with E-state index >= 15 is 0 Å². The molecule has 0 aliphatic carbocycles. The predicted octanol–water partition coefficient (Wildman–Crippen LogP) is -0.930. The molecule has 1 atom stereocenters. The maximum absolute atomic E-state index is 11.7. The quantitative estimate of drug-likeness (QED) is 0.589. The predicted molar refractivity (Wildman–Crippen MR) is 67.7 cm³/mol. The monoisotopic (exact) mass is 287 g/mol. The number of hydrogen-bond acceptors (Lipinski definition) is 6. The molecule has 0 aliphatic rings. The van der Waals surface area contributed by atoms with Crippen molar-refractivity contribution in [2.75, 3.05) is 43.8 Å². The maximum Gasteiger partial charge on any atom is 0.152 e. The summed E-state index contributed by atoms with van der Waals surface area (Å²) in [6.07, 6.45) is 1.03. The molecule has 0 spiro atoms. The van der Waals surface area contributed by atoms with Crippen molar-refractivity contribution >= 4 is 19.7 Å². The zero-order valence-electron chi connectivity index (χ0n) is 10.5. The van der Waals surface area contributed by atoms with Crippen LogP contribution in [0.15, 0.2) is 0 Å². The second-order valence-electron chi connectivity index (χ2n) is 3.95. The zero-order chi connectivity index (χ0) is 13.5. The molecule has 0 aliphatic heterocycles. The van der Waals surface area contributed by atoms with Crippen LogP contribution in [0.3, 0.4) is 0 Å². The molecule has 0 saturated carbocycles. The van der Waals surface area contributed by atoms with E-state index in [9.17, 15) is 16.8 Å². The first-order chi connectivity index (χ1) is 7.70. The topological polar surface area (TPSA) is 89.5 Å². The number of sulfone groups is 2. The van der Waals surface area contributed by atoms with E-state index in [2.05, 4.69) is 5.32 Å². The van der Waals surface area contributed by atoms with E-state index in [4.69, 9.17) is 4.74 Å². The van der Waals surface area contributed by atoms with Gasteiger partial charge in [0.2, 0.25) is 0 Å². The number of ether oxygens (including phenoxy) is 1. The maximum atomic E-state index is 11.7. The lowest BCUT2D eigenvalue weighted by Crippen LogP contribution is -2.40. The fourth-order valence-corrected chi connectivity index (χ4v) is 4.54. The molecule has 17 heavy (non-hydrogen) atoms. The second-order valence-corrected chi connectivity index (χ2v) is 8.44. The number of hydrogen-bond donors (Lipinski definition) is 1. The third-order valence-electron chi connectivity index (χ3n) is 2.08. The Morgan fingerprint density at radius 2 is 1.76 bits per heavy atom. The summed E-state index contributed by atoms with van der Waals surface area (Å²) in [5.41, 5.74) is 0. The first kappa shape index (κ1) is 16.8. The van der Waals surface area contributed by atoms with Gasteiger partial charge in [0.15, 0.2) is 9.84 Å². The Labute approximate surface area is 104 Å². The van der Waals surface area contributed by atoms with Gasteiger partial charge in [-0.1, -0.05) is 6.92 Å². The highest BCUT2D eigenvalue weighted by Gasteiger charge is 2.20. The Bertz CT molecular complexity index is 395. The van der Waals surface area contributed by atoms with E-state index in [1.165, 1.54) is 7.11 Å². The van der Waals surface area contributed by atoms with E-state index in [0.717, 1.165) is 6.26 Å². The standard InChI is InChI=1S/C9H21NO5S2/c1-4-10-9(7-15-2)8-17(13,14)6-5-16(3,11)12/h9-10H,4-8H2,1-3H3. The van der Waals surface area contributed by atoms with Gasteiger partial charge in [0.05, 0.1) is 23.9 Å². The highest BCUT2D eigenvalue weighted by atomic mass is 32.2. The van der Waals surface area contributed by atoms with Crippen LogP contribution >= 0.6 is 0 Å². The van der Waals surface area contributed by atoms with Crippen LogP contribution in [0, 0.1) is 0 Å². The lowest BCUT2D eigenvalue weighted by atomic mass is 10.3.